The average molecular weight is 342 g/mol. The minimum atomic E-state index is -0.385. The summed E-state index contributed by atoms with van der Waals surface area (Å²) in [5, 5.41) is 3.33. The molecule has 2 heterocycles. The largest absolute Gasteiger partial charge is 0.336 e. The molecule has 0 saturated carbocycles. The van der Waals surface area contributed by atoms with E-state index in [0.29, 0.717) is 21.8 Å². The lowest BCUT2D eigenvalue weighted by molar-refractivity contribution is 0.628. The van der Waals surface area contributed by atoms with Crippen LogP contribution in [-0.2, 0) is 0 Å². The Kier molecular flexibility index (Phi) is 3.12. The van der Waals surface area contributed by atoms with Gasteiger partial charge in [-0.05, 0) is 34.1 Å². The van der Waals surface area contributed by atoms with E-state index in [1.165, 1.54) is 12.1 Å². The zero-order chi connectivity index (χ0) is 13.4. The molecule has 0 atom stereocenters. The summed E-state index contributed by atoms with van der Waals surface area (Å²) in [6, 6.07) is 4.12. The highest BCUT2D eigenvalue weighted by atomic mass is 79.9. The van der Waals surface area contributed by atoms with E-state index in [0.717, 1.165) is 0 Å². The van der Waals surface area contributed by atoms with Crippen molar-refractivity contribution in [2.45, 2.75) is 0 Å². The first-order chi connectivity index (χ1) is 9.13. The van der Waals surface area contributed by atoms with Crippen molar-refractivity contribution in [1.29, 1.82) is 0 Å². The zero-order valence-electron chi connectivity index (χ0n) is 9.44. The number of nitrogens with zero attached hydrogens (tertiary/aromatic N) is 3. The molecule has 96 valence electrons. The van der Waals surface area contributed by atoms with Crippen LogP contribution in [0.4, 0.5) is 15.9 Å². The fraction of sp³-hybridized carbons (Fsp3) is 0. The predicted octanol–water partition coefficient (Wildman–Crippen LogP) is 4.03. The Morgan fingerprint density at radius 3 is 3.00 bits per heavy atom. The lowest BCUT2D eigenvalue weighted by Gasteiger charge is -2.09. The molecule has 1 aromatic carbocycles. The normalized spacial score (nSPS) is 10.9. The van der Waals surface area contributed by atoms with Gasteiger partial charge in [0.2, 0.25) is 0 Å². The van der Waals surface area contributed by atoms with Crippen LogP contribution in [0.2, 0.25) is 5.02 Å². The molecule has 7 heteroatoms. The molecule has 0 radical (unpaired) electrons. The Labute approximate surface area is 121 Å². The van der Waals surface area contributed by atoms with Gasteiger partial charge >= 0.3 is 0 Å². The van der Waals surface area contributed by atoms with Crippen LogP contribution in [0.1, 0.15) is 0 Å². The van der Waals surface area contributed by atoms with Crippen molar-refractivity contribution >= 4 is 44.7 Å². The SMILES string of the molecule is Fc1ccc(Nc2nc(Br)cn3ccnc23)c(Cl)c1. The lowest BCUT2D eigenvalue weighted by Crippen LogP contribution is -1.99. The second-order valence-electron chi connectivity index (χ2n) is 3.82. The third-order valence-corrected chi connectivity index (χ3v) is 3.22. The molecular formula is C12H7BrClFN4. The summed E-state index contributed by atoms with van der Waals surface area (Å²) in [4.78, 5) is 8.51. The highest BCUT2D eigenvalue weighted by molar-refractivity contribution is 9.10. The molecule has 0 amide bonds. The van der Waals surface area contributed by atoms with Gasteiger partial charge in [0, 0.05) is 18.6 Å². The smallest absolute Gasteiger partial charge is 0.180 e. The predicted molar refractivity (Wildman–Crippen MR) is 75.4 cm³/mol. The summed E-state index contributed by atoms with van der Waals surface area (Å²) in [6.45, 7) is 0. The topological polar surface area (TPSA) is 42.2 Å². The molecule has 0 aliphatic carbocycles. The van der Waals surface area contributed by atoms with Crippen LogP contribution in [0, 0.1) is 5.82 Å². The van der Waals surface area contributed by atoms with E-state index in [1.54, 1.807) is 24.7 Å². The minimum Gasteiger partial charge on any atom is -0.336 e. The fourth-order valence-corrected chi connectivity index (χ4v) is 2.32. The van der Waals surface area contributed by atoms with Gasteiger partial charge in [-0.25, -0.2) is 14.4 Å². The summed E-state index contributed by atoms with van der Waals surface area (Å²) in [5.41, 5.74) is 1.22. The highest BCUT2D eigenvalue weighted by Crippen LogP contribution is 2.27. The Balaban J connectivity index is 2.07. The van der Waals surface area contributed by atoms with Crippen molar-refractivity contribution in [1.82, 2.24) is 14.4 Å². The summed E-state index contributed by atoms with van der Waals surface area (Å²) in [6.07, 6.45) is 5.26. The minimum absolute atomic E-state index is 0.284. The second kappa shape index (κ2) is 4.79. The van der Waals surface area contributed by atoms with E-state index in [4.69, 9.17) is 11.6 Å². The molecule has 1 N–H and O–H groups in total. The van der Waals surface area contributed by atoms with Crippen LogP contribution in [0.3, 0.4) is 0 Å². The number of aromatic nitrogens is 3. The van der Waals surface area contributed by atoms with Crippen molar-refractivity contribution in [3.05, 3.63) is 52.2 Å². The van der Waals surface area contributed by atoms with E-state index in [2.05, 4.69) is 31.2 Å². The Morgan fingerprint density at radius 2 is 2.21 bits per heavy atom. The molecule has 3 rings (SSSR count). The number of halogens is 3. The van der Waals surface area contributed by atoms with Crippen LogP contribution in [0.5, 0.6) is 0 Å². The Hall–Kier alpha value is -1.66. The summed E-state index contributed by atoms with van der Waals surface area (Å²) in [5.74, 6) is 0.150. The second-order valence-corrected chi connectivity index (χ2v) is 5.04. The highest BCUT2D eigenvalue weighted by Gasteiger charge is 2.09. The number of anilines is 2. The number of nitrogens with one attached hydrogen (secondary N) is 1. The maximum absolute atomic E-state index is 13.0. The van der Waals surface area contributed by atoms with E-state index >= 15 is 0 Å². The number of benzene rings is 1. The molecule has 19 heavy (non-hydrogen) atoms. The van der Waals surface area contributed by atoms with Crippen molar-refractivity contribution < 1.29 is 4.39 Å². The van der Waals surface area contributed by atoms with E-state index in [1.807, 2.05) is 4.40 Å². The summed E-state index contributed by atoms with van der Waals surface area (Å²) in [7, 11) is 0. The van der Waals surface area contributed by atoms with Crippen molar-refractivity contribution in [3.63, 3.8) is 0 Å². The van der Waals surface area contributed by atoms with Crippen LogP contribution in [-0.4, -0.2) is 14.4 Å². The van der Waals surface area contributed by atoms with Gasteiger partial charge in [0.05, 0.1) is 10.7 Å². The molecule has 0 aliphatic heterocycles. The molecular weight excluding hydrogens is 335 g/mol. The monoisotopic (exact) mass is 340 g/mol. The summed E-state index contributed by atoms with van der Waals surface area (Å²) < 4.78 is 15.5. The van der Waals surface area contributed by atoms with Gasteiger partial charge in [0.15, 0.2) is 11.5 Å². The van der Waals surface area contributed by atoms with Gasteiger partial charge < -0.3 is 9.72 Å². The molecule has 3 aromatic rings. The molecule has 0 saturated heterocycles. The molecule has 0 spiro atoms. The van der Waals surface area contributed by atoms with Gasteiger partial charge in [-0.2, -0.15) is 0 Å². The van der Waals surface area contributed by atoms with Gasteiger partial charge in [0.25, 0.3) is 0 Å². The molecule has 4 nitrogen and oxygen atoms in total. The molecule has 0 aliphatic rings. The van der Waals surface area contributed by atoms with Crippen molar-refractivity contribution in [2.24, 2.45) is 0 Å². The quantitative estimate of drug-likeness (QED) is 0.765. The first-order valence-electron chi connectivity index (χ1n) is 5.35. The average Bonchev–Trinajstić information content (AvgIpc) is 2.80. The fourth-order valence-electron chi connectivity index (χ4n) is 1.70. The van der Waals surface area contributed by atoms with Crippen LogP contribution in [0.25, 0.3) is 5.65 Å². The number of hydrogen-bond donors (Lipinski definition) is 1. The molecule has 0 fully saturated rings. The zero-order valence-corrected chi connectivity index (χ0v) is 11.8. The Bertz CT molecular complexity index is 759. The number of imidazole rings is 1. The van der Waals surface area contributed by atoms with Crippen molar-refractivity contribution in [2.75, 3.05) is 5.32 Å². The van der Waals surface area contributed by atoms with E-state index in [-0.39, 0.29) is 10.8 Å². The number of fused-ring (bicyclic) bond motifs is 1. The third-order valence-electron chi connectivity index (χ3n) is 2.53. The van der Waals surface area contributed by atoms with Gasteiger partial charge in [-0.1, -0.05) is 11.6 Å². The number of rotatable bonds is 2. The summed E-state index contributed by atoms with van der Waals surface area (Å²) >= 11 is 9.29. The van der Waals surface area contributed by atoms with Gasteiger partial charge in [-0.15, -0.1) is 0 Å². The van der Waals surface area contributed by atoms with Gasteiger partial charge in [0.1, 0.15) is 10.4 Å². The lowest BCUT2D eigenvalue weighted by atomic mass is 10.3. The molecule has 2 aromatic heterocycles. The third kappa shape index (κ3) is 2.41. The van der Waals surface area contributed by atoms with Crippen LogP contribution >= 0.6 is 27.5 Å². The van der Waals surface area contributed by atoms with Crippen molar-refractivity contribution in [3.8, 4) is 0 Å². The number of hydrogen-bond acceptors (Lipinski definition) is 3. The maximum atomic E-state index is 13.0. The van der Waals surface area contributed by atoms with Gasteiger partial charge in [-0.3, -0.25) is 0 Å². The standard InChI is InChI=1S/C12H7BrClFN4/c13-10-6-19-4-3-16-12(19)11(18-10)17-9-2-1-7(15)5-8(9)14/h1-6H,(H,17,18). The first-order valence-corrected chi connectivity index (χ1v) is 6.52. The van der Waals surface area contributed by atoms with E-state index < -0.39 is 0 Å². The van der Waals surface area contributed by atoms with Crippen LogP contribution < -0.4 is 5.32 Å². The maximum Gasteiger partial charge on any atom is 0.180 e. The molecule has 0 bridgehead atoms. The molecule has 0 unspecified atom stereocenters. The Morgan fingerprint density at radius 1 is 1.37 bits per heavy atom. The first kappa shape index (κ1) is 12.4. The van der Waals surface area contributed by atoms with E-state index in [9.17, 15) is 4.39 Å². The van der Waals surface area contributed by atoms with Crippen LogP contribution in [0.15, 0.2) is 41.4 Å².